The summed E-state index contributed by atoms with van der Waals surface area (Å²) in [6.07, 6.45) is 2.03. The molecular weight excluding hydrogens is 386 g/mol. The van der Waals surface area contributed by atoms with E-state index in [-0.39, 0.29) is 12.5 Å². The zero-order valence-corrected chi connectivity index (χ0v) is 17.5. The van der Waals surface area contributed by atoms with Gasteiger partial charge < -0.3 is 10.4 Å². The number of rotatable bonds is 5. The number of hydrogen-bond donors (Lipinski definition) is 2. The van der Waals surface area contributed by atoms with Crippen LogP contribution in [-0.4, -0.2) is 27.3 Å². The van der Waals surface area contributed by atoms with Gasteiger partial charge in [-0.05, 0) is 60.2 Å². The van der Waals surface area contributed by atoms with Gasteiger partial charge in [0.05, 0.1) is 11.8 Å². The zero-order valence-electron chi connectivity index (χ0n) is 17.5. The minimum absolute atomic E-state index is 0.142. The van der Waals surface area contributed by atoms with Crippen LogP contribution in [0.25, 0.3) is 16.5 Å². The zero-order chi connectivity index (χ0) is 21.4. The Morgan fingerprint density at radius 2 is 1.84 bits per heavy atom. The molecule has 156 valence electrons. The number of amides is 1. The summed E-state index contributed by atoms with van der Waals surface area (Å²) in [6, 6.07) is 22.0. The number of benzene rings is 3. The van der Waals surface area contributed by atoms with E-state index in [2.05, 4.69) is 23.4 Å². The standard InChI is InChI=1S/C26H25N3O2/c1-17-7-2-5-11-22(17)29-23-12-6-10-21(23)25(28-29)26(31)27-16-24(30)20-14-13-18-8-3-4-9-19(18)15-20/h2-5,7-9,11,13-15,24,30H,6,10,12,16H2,1H3,(H,27,31). The third kappa shape index (κ3) is 3.62. The van der Waals surface area contributed by atoms with Crippen molar-refractivity contribution in [2.75, 3.05) is 6.54 Å². The largest absolute Gasteiger partial charge is 0.387 e. The molecule has 1 aliphatic carbocycles. The van der Waals surface area contributed by atoms with Gasteiger partial charge in [0.2, 0.25) is 0 Å². The van der Waals surface area contributed by atoms with Crippen LogP contribution < -0.4 is 5.32 Å². The van der Waals surface area contributed by atoms with Crippen LogP contribution in [0.5, 0.6) is 0 Å². The Bertz CT molecular complexity index is 1270. The number of aromatic nitrogens is 2. The summed E-state index contributed by atoms with van der Waals surface area (Å²) in [5, 5.41) is 20.4. The first kappa shape index (κ1) is 19.5. The van der Waals surface area contributed by atoms with Gasteiger partial charge in [0, 0.05) is 17.8 Å². The van der Waals surface area contributed by atoms with Crippen molar-refractivity contribution in [2.45, 2.75) is 32.3 Å². The van der Waals surface area contributed by atoms with Crippen molar-refractivity contribution < 1.29 is 9.90 Å². The lowest BCUT2D eigenvalue weighted by atomic mass is 10.0. The first-order valence-electron chi connectivity index (χ1n) is 10.7. The van der Waals surface area contributed by atoms with Crippen molar-refractivity contribution in [3.63, 3.8) is 0 Å². The molecular formula is C26H25N3O2. The van der Waals surface area contributed by atoms with Crippen molar-refractivity contribution in [1.82, 2.24) is 15.1 Å². The van der Waals surface area contributed by atoms with Gasteiger partial charge in [-0.3, -0.25) is 4.79 Å². The van der Waals surface area contributed by atoms with Gasteiger partial charge in [-0.2, -0.15) is 5.10 Å². The second kappa shape index (κ2) is 8.00. The van der Waals surface area contributed by atoms with E-state index in [0.717, 1.165) is 58.1 Å². The van der Waals surface area contributed by atoms with E-state index in [1.165, 1.54) is 0 Å². The lowest BCUT2D eigenvalue weighted by molar-refractivity contribution is 0.0910. The second-order valence-corrected chi connectivity index (χ2v) is 8.16. The van der Waals surface area contributed by atoms with Gasteiger partial charge in [-0.15, -0.1) is 0 Å². The maximum Gasteiger partial charge on any atom is 0.272 e. The van der Waals surface area contributed by atoms with E-state index in [1.807, 2.05) is 65.3 Å². The molecule has 1 heterocycles. The molecule has 0 saturated heterocycles. The first-order chi connectivity index (χ1) is 15.1. The Balaban J connectivity index is 1.36. The summed E-state index contributed by atoms with van der Waals surface area (Å²) in [7, 11) is 0. The van der Waals surface area contributed by atoms with Crippen molar-refractivity contribution in [1.29, 1.82) is 0 Å². The van der Waals surface area contributed by atoms with Crippen molar-refractivity contribution >= 4 is 16.7 Å². The molecule has 0 bridgehead atoms. The maximum atomic E-state index is 13.0. The van der Waals surface area contributed by atoms with Gasteiger partial charge in [0.15, 0.2) is 5.69 Å². The minimum atomic E-state index is -0.778. The number of aliphatic hydroxyl groups excluding tert-OH is 1. The number of nitrogens with zero attached hydrogens (tertiary/aromatic N) is 2. The summed E-state index contributed by atoms with van der Waals surface area (Å²) < 4.78 is 1.92. The Labute approximate surface area is 181 Å². The van der Waals surface area contributed by atoms with Gasteiger partial charge >= 0.3 is 0 Å². The van der Waals surface area contributed by atoms with Gasteiger partial charge in [-0.25, -0.2) is 4.68 Å². The van der Waals surface area contributed by atoms with Crippen molar-refractivity contribution in [3.05, 3.63) is 94.8 Å². The maximum absolute atomic E-state index is 13.0. The highest BCUT2D eigenvalue weighted by molar-refractivity contribution is 5.94. The number of fused-ring (bicyclic) bond motifs is 2. The normalized spacial score (nSPS) is 13.9. The fourth-order valence-corrected chi connectivity index (χ4v) is 4.43. The number of aliphatic hydroxyl groups is 1. The average molecular weight is 412 g/mol. The highest BCUT2D eigenvalue weighted by Gasteiger charge is 2.27. The third-order valence-corrected chi connectivity index (χ3v) is 6.10. The van der Waals surface area contributed by atoms with Crippen LogP contribution in [0.1, 0.15) is 45.4 Å². The van der Waals surface area contributed by atoms with Gasteiger partial charge in [0.25, 0.3) is 5.91 Å². The molecule has 31 heavy (non-hydrogen) atoms. The number of carbonyl (C=O) groups is 1. The summed E-state index contributed by atoms with van der Waals surface area (Å²) >= 11 is 0. The van der Waals surface area contributed by atoms with E-state index in [0.29, 0.717) is 5.69 Å². The molecule has 2 N–H and O–H groups in total. The van der Waals surface area contributed by atoms with Crippen LogP contribution in [0.3, 0.4) is 0 Å². The average Bonchev–Trinajstić information content (AvgIpc) is 3.40. The number of hydrogen-bond acceptors (Lipinski definition) is 3. The first-order valence-corrected chi connectivity index (χ1v) is 10.7. The van der Waals surface area contributed by atoms with Crippen LogP contribution in [-0.2, 0) is 12.8 Å². The number of aryl methyl sites for hydroxylation is 1. The topological polar surface area (TPSA) is 67.2 Å². The number of carbonyl (C=O) groups excluding carboxylic acids is 1. The summed E-state index contributed by atoms with van der Waals surface area (Å²) in [6.45, 7) is 2.20. The quantitative estimate of drug-likeness (QED) is 0.515. The molecule has 1 amide bonds. The molecule has 1 unspecified atom stereocenters. The molecule has 5 heteroatoms. The van der Waals surface area contributed by atoms with Crippen molar-refractivity contribution in [3.8, 4) is 5.69 Å². The van der Waals surface area contributed by atoms with E-state index in [9.17, 15) is 9.90 Å². The molecule has 0 saturated carbocycles. The predicted octanol–water partition coefficient (Wildman–Crippen LogP) is 4.29. The predicted molar refractivity (Wildman–Crippen MR) is 122 cm³/mol. The molecule has 1 atom stereocenters. The molecule has 0 radical (unpaired) electrons. The molecule has 5 nitrogen and oxygen atoms in total. The van der Waals surface area contributed by atoms with E-state index in [1.54, 1.807) is 0 Å². The van der Waals surface area contributed by atoms with Crippen LogP contribution in [0, 0.1) is 6.92 Å². The number of nitrogens with one attached hydrogen (secondary N) is 1. The Kier molecular flexibility index (Phi) is 5.04. The highest BCUT2D eigenvalue weighted by Crippen LogP contribution is 2.29. The minimum Gasteiger partial charge on any atom is -0.387 e. The van der Waals surface area contributed by atoms with Crippen LogP contribution in [0.15, 0.2) is 66.7 Å². The van der Waals surface area contributed by atoms with Gasteiger partial charge in [-0.1, -0.05) is 54.6 Å². The summed E-state index contributed by atoms with van der Waals surface area (Å²) in [5.74, 6) is -0.231. The molecule has 4 aromatic rings. The molecule has 3 aromatic carbocycles. The smallest absolute Gasteiger partial charge is 0.272 e. The monoisotopic (exact) mass is 411 g/mol. The lowest BCUT2D eigenvalue weighted by Gasteiger charge is -2.13. The van der Waals surface area contributed by atoms with Crippen molar-refractivity contribution in [2.24, 2.45) is 0 Å². The van der Waals surface area contributed by atoms with E-state index < -0.39 is 6.10 Å². The van der Waals surface area contributed by atoms with Gasteiger partial charge in [0.1, 0.15) is 0 Å². The van der Waals surface area contributed by atoms with Crippen LogP contribution >= 0.6 is 0 Å². The highest BCUT2D eigenvalue weighted by atomic mass is 16.3. The van der Waals surface area contributed by atoms with E-state index >= 15 is 0 Å². The number of para-hydroxylation sites is 1. The molecule has 1 aromatic heterocycles. The molecule has 5 rings (SSSR count). The fourth-order valence-electron chi connectivity index (χ4n) is 4.43. The van der Waals surface area contributed by atoms with Crippen LogP contribution in [0.4, 0.5) is 0 Å². The molecule has 1 aliphatic rings. The lowest BCUT2D eigenvalue weighted by Crippen LogP contribution is -2.29. The molecule has 0 fully saturated rings. The second-order valence-electron chi connectivity index (χ2n) is 8.16. The molecule has 0 aliphatic heterocycles. The fraction of sp³-hybridized carbons (Fsp3) is 0.231. The summed E-state index contributed by atoms with van der Waals surface area (Å²) in [5.41, 5.74) is 5.54. The Morgan fingerprint density at radius 1 is 1.06 bits per heavy atom. The molecule has 0 spiro atoms. The Hall–Kier alpha value is -3.44. The summed E-state index contributed by atoms with van der Waals surface area (Å²) in [4.78, 5) is 13.0. The van der Waals surface area contributed by atoms with E-state index in [4.69, 9.17) is 0 Å². The third-order valence-electron chi connectivity index (χ3n) is 6.10. The Morgan fingerprint density at radius 3 is 2.68 bits per heavy atom. The van der Waals surface area contributed by atoms with Crippen LogP contribution in [0.2, 0.25) is 0 Å². The SMILES string of the molecule is Cc1ccccc1-n1nc(C(=O)NCC(O)c2ccc3ccccc3c2)c2c1CCC2.